The number of nitrogens with two attached hydrogens (primary N) is 1. The van der Waals surface area contributed by atoms with Crippen LogP contribution in [0.25, 0.3) is 0 Å². The van der Waals surface area contributed by atoms with E-state index in [1.807, 2.05) is 0 Å². The third kappa shape index (κ3) is 4.87. The smallest absolute Gasteiger partial charge is 0.220 e. The number of carbonyl (C=O) groups excluding carboxylic acids is 1. The molecule has 0 unspecified atom stereocenters. The molecular formula is C6H12N2O. The molecule has 0 aliphatic carbocycles. The van der Waals surface area contributed by atoms with Crippen molar-refractivity contribution in [2.45, 2.75) is 12.8 Å². The topological polar surface area (TPSA) is 55.1 Å². The Hall–Kier alpha value is -0.990. The van der Waals surface area contributed by atoms with E-state index in [1.54, 1.807) is 13.1 Å². The standard InChI is InChI=1S/C6H12N2O/c1-8-6(9)4-2-3-5-7/h3,5H,2,4,7H2,1H3,(H,8,9)/b5-3-. The van der Waals surface area contributed by atoms with Gasteiger partial charge >= 0.3 is 0 Å². The molecule has 0 spiro atoms. The van der Waals surface area contributed by atoms with Crippen LogP contribution >= 0.6 is 0 Å². The van der Waals surface area contributed by atoms with Crippen molar-refractivity contribution in [2.75, 3.05) is 7.05 Å². The number of carbonyl (C=O) groups is 1. The Balaban J connectivity index is 3.17. The van der Waals surface area contributed by atoms with Crippen LogP contribution in [0.3, 0.4) is 0 Å². The third-order valence-corrected chi connectivity index (χ3v) is 0.953. The van der Waals surface area contributed by atoms with Crippen molar-refractivity contribution in [3.05, 3.63) is 12.3 Å². The molecule has 52 valence electrons. The fourth-order valence-electron chi connectivity index (χ4n) is 0.436. The van der Waals surface area contributed by atoms with E-state index < -0.39 is 0 Å². The van der Waals surface area contributed by atoms with E-state index in [4.69, 9.17) is 5.73 Å². The molecule has 0 aromatic heterocycles. The minimum atomic E-state index is 0.0492. The van der Waals surface area contributed by atoms with Crippen molar-refractivity contribution < 1.29 is 4.79 Å². The van der Waals surface area contributed by atoms with E-state index >= 15 is 0 Å². The fourth-order valence-corrected chi connectivity index (χ4v) is 0.436. The Labute approximate surface area is 54.9 Å². The van der Waals surface area contributed by atoms with Gasteiger partial charge in [-0.05, 0) is 12.6 Å². The maximum Gasteiger partial charge on any atom is 0.220 e. The van der Waals surface area contributed by atoms with E-state index in [0.717, 1.165) is 6.42 Å². The number of hydrogen-bond donors (Lipinski definition) is 2. The summed E-state index contributed by atoms with van der Waals surface area (Å²) >= 11 is 0. The quantitative estimate of drug-likeness (QED) is 0.561. The second-order valence-electron chi connectivity index (χ2n) is 1.64. The number of amides is 1. The monoisotopic (exact) mass is 128 g/mol. The predicted octanol–water partition coefficient (Wildman–Crippen LogP) is -0.0150. The van der Waals surface area contributed by atoms with Gasteiger partial charge in [-0.2, -0.15) is 0 Å². The van der Waals surface area contributed by atoms with Crippen molar-refractivity contribution in [2.24, 2.45) is 5.73 Å². The normalized spacial score (nSPS) is 9.89. The van der Waals surface area contributed by atoms with Gasteiger partial charge in [-0.15, -0.1) is 0 Å². The Morgan fingerprint density at radius 2 is 2.44 bits per heavy atom. The van der Waals surface area contributed by atoms with Crippen LogP contribution in [0, 0.1) is 0 Å². The zero-order valence-corrected chi connectivity index (χ0v) is 5.55. The van der Waals surface area contributed by atoms with Gasteiger partial charge in [0.25, 0.3) is 0 Å². The Morgan fingerprint density at radius 1 is 1.78 bits per heavy atom. The van der Waals surface area contributed by atoms with E-state index in [-0.39, 0.29) is 5.91 Å². The van der Waals surface area contributed by atoms with Gasteiger partial charge in [-0.3, -0.25) is 4.79 Å². The summed E-state index contributed by atoms with van der Waals surface area (Å²) in [6, 6.07) is 0. The number of rotatable bonds is 3. The van der Waals surface area contributed by atoms with Gasteiger partial charge in [0, 0.05) is 13.5 Å². The largest absolute Gasteiger partial charge is 0.405 e. The molecule has 0 aromatic carbocycles. The molecule has 0 rings (SSSR count). The molecule has 0 aromatic rings. The van der Waals surface area contributed by atoms with Crippen LogP contribution < -0.4 is 11.1 Å². The van der Waals surface area contributed by atoms with Crippen LogP contribution in [0.4, 0.5) is 0 Å². The highest BCUT2D eigenvalue weighted by atomic mass is 16.1. The highest BCUT2D eigenvalue weighted by Gasteiger charge is 1.91. The van der Waals surface area contributed by atoms with E-state index in [0.29, 0.717) is 6.42 Å². The van der Waals surface area contributed by atoms with Gasteiger partial charge in [0.1, 0.15) is 0 Å². The van der Waals surface area contributed by atoms with Crippen LogP contribution in [0.1, 0.15) is 12.8 Å². The molecule has 0 bridgehead atoms. The molecule has 0 radical (unpaired) electrons. The highest BCUT2D eigenvalue weighted by molar-refractivity contribution is 5.75. The summed E-state index contributed by atoms with van der Waals surface area (Å²) in [5.41, 5.74) is 5.04. The zero-order chi connectivity index (χ0) is 7.11. The molecule has 0 atom stereocenters. The first kappa shape index (κ1) is 8.01. The van der Waals surface area contributed by atoms with Crippen molar-refractivity contribution in [3.8, 4) is 0 Å². The summed E-state index contributed by atoms with van der Waals surface area (Å²) in [7, 11) is 1.62. The van der Waals surface area contributed by atoms with Gasteiger partial charge in [-0.25, -0.2) is 0 Å². The lowest BCUT2D eigenvalue weighted by Gasteiger charge is -1.92. The summed E-state index contributed by atoms with van der Waals surface area (Å²) in [5, 5.41) is 2.51. The Bertz CT molecular complexity index is 110. The Kier molecular flexibility index (Phi) is 4.59. The maximum absolute atomic E-state index is 10.5. The summed E-state index contributed by atoms with van der Waals surface area (Å²) in [5.74, 6) is 0.0492. The van der Waals surface area contributed by atoms with Crippen LogP contribution in [-0.4, -0.2) is 13.0 Å². The van der Waals surface area contributed by atoms with Crippen molar-refractivity contribution in [3.63, 3.8) is 0 Å². The average molecular weight is 128 g/mol. The van der Waals surface area contributed by atoms with Crippen LogP contribution in [-0.2, 0) is 4.79 Å². The minimum absolute atomic E-state index is 0.0492. The predicted molar refractivity (Wildman–Crippen MR) is 36.6 cm³/mol. The highest BCUT2D eigenvalue weighted by Crippen LogP contribution is 1.87. The van der Waals surface area contributed by atoms with Crippen LogP contribution in [0.5, 0.6) is 0 Å². The number of hydrogen-bond acceptors (Lipinski definition) is 2. The third-order valence-electron chi connectivity index (χ3n) is 0.953. The first-order valence-corrected chi connectivity index (χ1v) is 2.88. The summed E-state index contributed by atoms with van der Waals surface area (Å²) in [6.07, 6.45) is 4.44. The first-order chi connectivity index (χ1) is 4.31. The molecule has 0 aliphatic heterocycles. The number of allylic oxidation sites excluding steroid dienone is 1. The van der Waals surface area contributed by atoms with Crippen molar-refractivity contribution in [1.82, 2.24) is 5.32 Å². The molecule has 0 fully saturated rings. The summed E-state index contributed by atoms with van der Waals surface area (Å²) in [4.78, 5) is 10.5. The second kappa shape index (κ2) is 5.15. The molecule has 0 heterocycles. The van der Waals surface area contributed by atoms with Crippen LogP contribution in [0.15, 0.2) is 12.3 Å². The zero-order valence-electron chi connectivity index (χ0n) is 5.55. The molecule has 0 saturated heterocycles. The lowest BCUT2D eigenvalue weighted by atomic mass is 10.3. The van der Waals surface area contributed by atoms with Gasteiger partial charge in [-0.1, -0.05) is 6.08 Å². The molecule has 3 N–H and O–H groups in total. The summed E-state index contributed by atoms with van der Waals surface area (Å²) in [6.45, 7) is 0. The first-order valence-electron chi connectivity index (χ1n) is 2.88. The Morgan fingerprint density at radius 3 is 2.89 bits per heavy atom. The molecule has 1 amide bonds. The van der Waals surface area contributed by atoms with Gasteiger partial charge in [0.05, 0.1) is 0 Å². The lowest BCUT2D eigenvalue weighted by molar-refractivity contribution is -0.120. The number of nitrogens with one attached hydrogen (secondary N) is 1. The van der Waals surface area contributed by atoms with Gasteiger partial charge in [0.15, 0.2) is 0 Å². The molecule has 3 heteroatoms. The summed E-state index contributed by atoms with van der Waals surface area (Å²) < 4.78 is 0. The SMILES string of the molecule is CNC(=O)CC/C=C\N. The van der Waals surface area contributed by atoms with E-state index in [9.17, 15) is 4.79 Å². The van der Waals surface area contributed by atoms with Crippen LogP contribution in [0.2, 0.25) is 0 Å². The van der Waals surface area contributed by atoms with E-state index in [1.165, 1.54) is 6.20 Å². The minimum Gasteiger partial charge on any atom is -0.405 e. The van der Waals surface area contributed by atoms with Gasteiger partial charge in [0.2, 0.25) is 5.91 Å². The molecule has 9 heavy (non-hydrogen) atoms. The molecule has 0 saturated carbocycles. The van der Waals surface area contributed by atoms with E-state index in [2.05, 4.69) is 5.32 Å². The van der Waals surface area contributed by atoms with Crippen molar-refractivity contribution in [1.29, 1.82) is 0 Å². The average Bonchev–Trinajstić information content (AvgIpc) is 1.89. The molecule has 3 nitrogen and oxygen atoms in total. The fraction of sp³-hybridized carbons (Fsp3) is 0.500. The molecular weight excluding hydrogens is 116 g/mol. The molecule has 0 aliphatic rings. The second-order valence-corrected chi connectivity index (χ2v) is 1.64. The van der Waals surface area contributed by atoms with Gasteiger partial charge < -0.3 is 11.1 Å². The van der Waals surface area contributed by atoms with Crippen molar-refractivity contribution >= 4 is 5.91 Å². The lowest BCUT2D eigenvalue weighted by Crippen LogP contribution is -2.16. The maximum atomic E-state index is 10.5.